The summed E-state index contributed by atoms with van der Waals surface area (Å²) < 4.78 is 6.53. The van der Waals surface area contributed by atoms with E-state index in [1.54, 1.807) is 0 Å². The van der Waals surface area contributed by atoms with Crippen LogP contribution in [-0.4, -0.2) is 17.1 Å². The standard InChI is InChI=1S/C8H9BIO2/c1-10-8-4-2-3-7-6(8)5-12-9(7)11/h2-4,11H,5H2,1H3/q-1. The second kappa shape index (κ2) is 3.36. The number of hydrogen-bond acceptors (Lipinski definition) is 2. The van der Waals surface area contributed by atoms with Gasteiger partial charge in [0.15, 0.2) is 0 Å². The van der Waals surface area contributed by atoms with Crippen LogP contribution in [0, 0.1) is 3.57 Å². The number of fused-ring (bicyclic) bond motifs is 1. The van der Waals surface area contributed by atoms with Crippen LogP contribution in [0.25, 0.3) is 0 Å². The van der Waals surface area contributed by atoms with Gasteiger partial charge in [-0.3, -0.25) is 0 Å². The quantitative estimate of drug-likeness (QED) is 0.332. The molecule has 0 aliphatic carbocycles. The summed E-state index contributed by atoms with van der Waals surface area (Å²) in [6, 6.07) is 6.07. The Morgan fingerprint density at radius 1 is 1.58 bits per heavy atom. The summed E-state index contributed by atoms with van der Waals surface area (Å²) in [5.41, 5.74) is 2.19. The molecule has 0 atom stereocenters. The molecular weight excluding hydrogens is 266 g/mol. The SMILES string of the molecule is C[I-]c1cccc2c1COB2O. The molecule has 1 N–H and O–H groups in total. The van der Waals surface area contributed by atoms with Gasteiger partial charge in [-0.25, -0.2) is 0 Å². The molecule has 0 radical (unpaired) electrons. The number of alkyl halides is 1. The van der Waals surface area contributed by atoms with Crippen molar-refractivity contribution in [3.63, 3.8) is 0 Å². The second-order valence-corrected chi connectivity index (χ2v) is 4.90. The van der Waals surface area contributed by atoms with E-state index in [2.05, 4.69) is 11.0 Å². The molecule has 0 saturated heterocycles. The Balaban J connectivity index is 2.50. The van der Waals surface area contributed by atoms with Crippen LogP contribution in [0.4, 0.5) is 0 Å². The topological polar surface area (TPSA) is 29.5 Å². The zero-order valence-electron chi connectivity index (χ0n) is 6.75. The molecule has 1 aliphatic heterocycles. The summed E-state index contributed by atoms with van der Waals surface area (Å²) in [7, 11) is -0.685. The third kappa shape index (κ3) is 1.28. The minimum atomic E-state index is -0.685. The molecule has 1 heterocycles. The van der Waals surface area contributed by atoms with E-state index in [4.69, 9.17) is 4.65 Å². The predicted octanol–water partition coefficient (Wildman–Crippen LogP) is -3.21. The molecule has 2 nitrogen and oxygen atoms in total. The van der Waals surface area contributed by atoms with Crippen LogP contribution >= 0.6 is 0 Å². The van der Waals surface area contributed by atoms with E-state index >= 15 is 0 Å². The number of benzene rings is 1. The Morgan fingerprint density at radius 2 is 2.42 bits per heavy atom. The molecule has 2 rings (SSSR count). The average Bonchev–Trinajstić information content (AvgIpc) is 2.48. The van der Waals surface area contributed by atoms with Crippen LogP contribution in [0.3, 0.4) is 0 Å². The molecule has 0 fully saturated rings. The molecule has 0 bridgehead atoms. The molecule has 64 valence electrons. The first kappa shape index (κ1) is 8.53. The van der Waals surface area contributed by atoms with Gasteiger partial charge in [0.25, 0.3) is 0 Å². The van der Waals surface area contributed by atoms with Crippen molar-refractivity contribution in [3.05, 3.63) is 27.3 Å². The molecule has 0 unspecified atom stereocenters. The predicted molar refractivity (Wildman–Crippen MR) is 43.5 cm³/mol. The van der Waals surface area contributed by atoms with E-state index in [9.17, 15) is 5.02 Å². The Morgan fingerprint density at radius 3 is 3.17 bits per heavy atom. The van der Waals surface area contributed by atoms with E-state index in [0.29, 0.717) is 6.61 Å². The summed E-state index contributed by atoms with van der Waals surface area (Å²) in [5, 5.41) is 9.39. The maximum atomic E-state index is 9.39. The fourth-order valence-electron chi connectivity index (χ4n) is 1.39. The fourth-order valence-corrected chi connectivity index (χ4v) is 3.07. The van der Waals surface area contributed by atoms with Crippen LogP contribution in [0.2, 0.25) is 0 Å². The zero-order chi connectivity index (χ0) is 8.55. The summed E-state index contributed by atoms with van der Waals surface area (Å²) in [6.45, 7) is 0.584. The van der Waals surface area contributed by atoms with Gasteiger partial charge in [0.1, 0.15) is 0 Å². The molecule has 0 aromatic heterocycles. The molecule has 1 aliphatic rings. The normalized spacial score (nSPS) is 15.3. The van der Waals surface area contributed by atoms with Crippen LogP contribution in [0.5, 0.6) is 0 Å². The first-order valence-corrected chi connectivity index (χ1v) is 6.97. The second-order valence-electron chi connectivity index (χ2n) is 2.66. The molecule has 1 aromatic carbocycles. The van der Waals surface area contributed by atoms with Gasteiger partial charge in [-0.05, 0) is 0 Å². The molecule has 0 spiro atoms. The molecule has 0 saturated carbocycles. The van der Waals surface area contributed by atoms with Crippen molar-refractivity contribution >= 4 is 12.6 Å². The van der Waals surface area contributed by atoms with Crippen molar-refractivity contribution < 1.29 is 30.9 Å². The van der Waals surface area contributed by atoms with Crippen molar-refractivity contribution in [3.8, 4) is 0 Å². The average molecular weight is 275 g/mol. The van der Waals surface area contributed by atoms with E-state index < -0.39 is 7.12 Å². The Bertz CT molecular complexity index is 303. The van der Waals surface area contributed by atoms with Crippen LogP contribution < -0.4 is 26.7 Å². The molecule has 12 heavy (non-hydrogen) atoms. The zero-order valence-corrected chi connectivity index (χ0v) is 8.91. The minimum absolute atomic E-state index is 0.0940. The summed E-state index contributed by atoms with van der Waals surface area (Å²) in [6.07, 6.45) is 0. The van der Waals surface area contributed by atoms with Gasteiger partial charge < -0.3 is 0 Å². The van der Waals surface area contributed by atoms with Crippen LogP contribution in [0.1, 0.15) is 5.56 Å². The molecule has 4 heteroatoms. The number of halogens is 1. The first-order chi connectivity index (χ1) is 5.83. The van der Waals surface area contributed by atoms with Crippen LogP contribution in [0.15, 0.2) is 18.2 Å². The van der Waals surface area contributed by atoms with Gasteiger partial charge in [-0.2, -0.15) is 0 Å². The fraction of sp³-hybridized carbons (Fsp3) is 0.250. The van der Waals surface area contributed by atoms with E-state index in [0.717, 1.165) is 5.46 Å². The number of rotatable bonds is 1. The third-order valence-corrected chi connectivity index (χ3v) is 4.18. The van der Waals surface area contributed by atoms with E-state index in [1.165, 1.54) is 9.13 Å². The summed E-state index contributed by atoms with van der Waals surface area (Å²) in [4.78, 5) is 2.22. The van der Waals surface area contributed by atoms with Crippen molar-refractivity contribution in [2.24, 2.45) is 0 Å². The summed E-state index contributed by atoms with van der Waals surface area (Å²) in [5.74, 6) is 0. The third-order valence-electron chi connectivity index (χ3n) is 2.01. The van der Waals surface area contributed by atoms with Gasteiger partial charge in [-0.15, -0.1) is 0 Å². The molecule has 1 aromatic rings. The van der Waals surface area contributed by atoms with Crippen molar-refractivity contribution in [1.82, 2.24) is 0 Å². The Hall–Kier alpha value is -0.0651. The van der Waals surface area contributed by atoms with Crippen molar-refractivity contribution in [1.29, 1.82) is 0 Å². The van der Waals surface area contributed by atoms with Gasteiger partial charge >= 0.3 is 82.3 Å². The van der Waals surface area contributed by atoms with Crippen molar-refractivity contribution in [2.75, 3.05) is 4.93 Å². The molecule has 0 amide bonds. The Labute approximate surface area is 82.3 Å². The Kier molecular flexibility index (Phi) is 2.39. The van der Waals surface area contributed by atoms with Gasteiger partial charge in [-0.1, -0.05) is 0 Å². The van der Waals surface area contributed by atoms with E-state index in [-0.39, 0.29) is 21.2 Å². The van der Waals surface area contributed by atoms with Gasteiger partial charge in [0.2, 0.25) is 0 Å². The maximum absolute atomic E-state index is 9.39. The monoisotopic (exact) mass is 275 g/mol. The number of hydrogen-bond donors (Lipinski definition) is 1. The summed E-state index contributed by atoms with van der Waals surface area (Å²) >= 11 is 0.0940. The molecular formula is C8H9BIO2-. The van der Waals surface area contributed by atoms with Gasteiger partial charge in [0.05, 0.1) is 0 Å². The van der Waals surface area contributed by atoms with Gasteiger partial charge in [0, 0.05) is 0 Å². The van der Waals surface area contributed by atoms with Crippen LogP contribution in [-0.2, 0) is 11.3 Å². The first-order valence-electron chi connectivity index (χ1n) is 3.74. The van der Waals surface area contributed by atoms with Crippen molar-refractivity contribution in [2.45, 2.75) is 6.61 Å². The van der Waals surface area contributed by atoms with E-state index in [1.807, 2.05) is 12.1 Å².